The van der Waals surface area contributed by atoms with Crippen LogP contribution in [-0.2, 0) is 16.1 Å². The predicted octanol–water partition coefficient (Wildman–Crippen LogP) is 3.53. The summed E-state index contributed by atoms with van der Waals surface area (Å²) in [6.45, 7) is -0.0220. The number of halogens is 2. The van der Waals surface area contributed by atoms with Gasteiger partial charge in [-0.15, -0.1) is 0 Å². The van der Waals surface area contributed by atoms with Gasteiger partial charge >= 0.3 is 5.97 Å². The minimum absolute atomic E-state index is 0.199. The molecule has 0 aliphatic carbocycles. The van der Waals surface area contributed by atoms with Gasteiger partial charge in [0.05, 0.1) is 5.56 Å². The van der Waals surface area contributed by atoms with Crippen molar-refractivity contribution in [3.8, 4) is 0 Å². The van der Waals surface area contributed by atoms with E-state index in [1.54, 1.807) is 0 Å². The second-order valence-corrected chi connectivity index (χ2v) is 6.44. The summed E-state index contributed by atoms with van der Waals surface area (Å²) >= 11 is 11.7. The fraction of sp³-hybridized carbons (Fsp3) is 0.222. The summed E-state index contributed by atoms with van der Waals surface area (Å²) in [6.07, 6.45) is 0. The van der Waals surface area contributed by atoms with E-state index in [1.165, 1.54) is 18.2 Å². The molecule has 0 saturated carbocycles. The van der Waals surface area contributed by atoms with E-state index >= 15 is 0 Å². The number of rotatable bonds is 6. The van der Waals surface area contributed by atoms with Crippen molar-refractivity contribution in [3.63, 3.8) is 0 Å². The molecule has 1 N–H and O–H groups in total. The molecule has 2 aromatic carbocycles. The Bertz CT molecular complexity index is 741. The van der Waals surface area contributed by atoms with Gasteiger partial charge in [-0.05, 0) is 35.9 Å². The van der Waals surface area contributed by atoms with Crippen LogP contribution in [0.15, 0.2) is 42.5 Å². The van der Waals surface area contributed by atoms with Crippen LogP contribution in [0.4, 0.5) is 5.69 Å². The molecule has 0 atom stereocenters. The van der Waals surface area contributed by atoms with E-state index in [0.717, 1.165) is 11.3 Å². The van der Waals surface area contributed by atoms with E-state index in [0.29, 0.717) is 16.6 Å². The number of hydrogen-bond acceptors (Lipinski definition) is 4. The average Bonchev–Trinajstić information content (AvgIpc) is 2.57. The molecule has 7 heteroatoms. The summed E-state index contributed by atoms with van der Waals surface area (Å²) in [5, 5.41) is 3.34. The van der Waals surface area contributed by atoms with Crippen molar-refractivity contribution >= 4 is 40.8 Å². The molecule has 0 bridgehead atoms. The van der Waals surface area contributed by atoms with Crippen molar-refractivity contribution in [1.82, 2.24) is 5.32 Å². The lowest BCUT2D eigenvalue weighted by atomic mass is 10.2. The summed E-state index contributed by atoms with van der Waals surface area (Å²) in [6, 6.07) is 12.1. The summed E-state index contributed by atoms with van der Waals surface area (Å²) in [7, 11) is 3.91. The third-order valence-corrected chi connectivity index (χ3v) is 3.81. The number of anilines is 1. The molecule has 0 saturated heterocycles. The highest BCUT2D eigenvalue weighted by molar-refractivity contribution is 6.35. The molecule has 2 rings (SSSR count). The van der Waals surface area contributed by atoms with Gasteiger partial charge in [-0.2, -0.15) is 0 Å². The van der Waals surface area contributed by atoms with Crippen LogP contribution in [0.25, 0.3) is 0 Å². The zero-order valence-corrected chi connectivity index (χ0v) is 15.4. The quantitative estimate of drug-likeness (QED) is 0.778. The molecule has 25 heavy (non-hydrogen) atoms. The van der Waals surface area contributed by atoms with Gasteiger partial charge in [0.1, 0.15) is 0 Å². The van der Waals surface area contributed by atoms with E-state index < -0.39 is 11.9 Å². The Hall–Kier alpha value is -2.24. The molecule has 0 fully saturated rings. The van der Waals surface area contributed by atoms with Gasteiger partial charge in [0.2, 0.25) is 0 Å². The molecule has 0 unspecified atom stereocenters. The van der Waals surface area contributed by atoms with Gasteiger partial charge in [-0.25, -0.2) is 4.79 Å². The van der Waals surface area contributed by atoms with E-state index in [2.05, 4.69) is 5.32 Å². The first-order valence-electron chi connectivity index (χ1n) is 7.51. The number of nitrogens with one attached hydrogen (secondary N) is 1. The first kappa shape index (κ1) is 19.1. The molecule has 5 nitrogen and oxygen atoms in total. The highest BCUT2D eigenvalue weighted by atomic mass is 35.5. The third kappa shape index (κ3) is 5.96. The van der Waals surface area contributed by atoms with Crippen LogP contribution in [0.1, 0.15) is 15.9 Å². The highest BCUT2D eigenvalue weighted by Gasteiger charge is 2.12. The lowest BCUT2D eigenvalue weighted by molar-refractivity contribution is -0.124. The van der Waals surface area contributed by atoms with E-state index in [4.69, 9.17) is 27.9 Å². The zero-order valence-electron chi connectivity index (χ0n) is 13.9. The SMILES string of the molecule is CN(C)c1ccc(CNC(=O)COC(=O)c2cc(Cl)cc(Cl)c2)cc1. The van der Waals surface area contributed by atoms with Gasteiger partial charge in [-0.1, -0.05) is 35.3 Å². The Labute approximate surface area is 156 Å². The average molecular weight is 381 g/mol. The standard InChI is InChI=1S/C18H18Cl2N2O3/c1-22(2)16-5-3-12(4-6-16)10-21-17(23)11-25-18(24)13-7-14(19)9-15(20)8-13/h3-9H,10-11H2,1-2H3,(H,21,23). The van der Waals surface area contributed by atoms with E-state index in [9.17, 15) is 9.59 Å². The fourth-order valence-corrected chi connectivity index (χ4v) is 2.58. The minimum atomic E-state index is -0.658. The number of nitrogens with zero attached hydrogens (tertiary/aromatic N) is 1. The Morgan fingerprint density at radius 2 is 1.64 bits per heavy atom. The molecular formula is C18H18Cl2N2O3. The highest BCUT2D eigenvalue weighted by Crippen LogP contribution is 2.19. The van der Waals surface area contributed by atoms with Crippen LogP contribution in [0, 0.1) is 0 Å². The number of benzene rings is 2. The minimum Gasteiger partial charge on any atom is -0.452 e. The molecule has 0 heterocycles. The van der Waals surface area contributed by atoms with Crippen molar-refractivity contribution < 1.29 is 14.3 Å². The van der Waals surface area contributed by atoms with Crippen molar-refractivity contribution in [1.29, 1.82) is 0 Å². The van der Waals surface area contributed by atoms with Crippen molar-refractivity contribution in [2.45, 2.75) is 6.54 Å². The Morgan fingerprint density at radius 1 is 1.04 bits per heavy atom. The fourth-order valence-electron chi connectivity index (χ4n) is 2.05. The van der Waals surface area contributed by atoms with Gasteiger partial charge in [-0.3, -0.25) is 4.79 Å². The number of amides is 1. The lowest BCUT2D eigenvalue weighted by Gasteiger charge is -2.13. The molecule has 132 valence electrons. The third-order valence-electron chi connectivity index (χ3n) is 3.38. The summed E-state index contributed by atoms with van der Waals surface area (Å²) in [4.78, 5) is 25.7. The largest absolute Gasteiger partial charge is 0.452 e. The topological polar surface area (TPSA) is 58.6 Å². The first-order valence-corrected chi connectivity index (χ1v) is 8.27. The van der Waals surface area contributed by atoms with E-state index in [1.807, 2.05) is 43.3 Å². The second kappa shape index (κ2) is 8.74. The molecule has 1 amide bonds. The van der Waals surface area contributed by atoms with Gasteiger partial charge < -0.3 is 15.0 Å². The van der Waals surface area contributed by atoms with Crippen LogP contribution in [0.2, 0.25) is 10.0 Å². The molecule has 0 radical (unpaired) electrons. The van der Waals surface area contributed by atoms with Crippen LogP contribution < -0.4 is 10.2 Å². The van der Waals surface area contributed by atoms with Gasteiger partial charge in [0, 0.05) is 36.4 Å². The predicted molar refractivity (Wildman–Crippen MR) is 99.4 cm³/mol. The number of hydrogen-bond donors (Lipinski definition) is 1. The second-order valence-electron chi connectivity index (χ2n) is 5.57. The Balaban J connectivity index is 1.81. The number of ether oxygens (including phenoxy) is 1. The maximum Gasteiger partial charge on any atom is 0.338 e. The zero-order chi connectivity index (χ0) is 18.4. The summed E-state index contributed by atoms with van der Waals surface area (Å²) in [5.41, 5.74) is 2.22. The summed E-state index contributed by atoms with van der Waals surface area (Å²) < 4.78 is 4.96. The van der Waals surface area contributed by atoms with Crippen LogP contribution in [-0.4, -0.2) is 32.6 Å². The molecule has 0 aliphatic rings. The van der Waals surface area contributed by atoms with Crippen molar-refractivity contribution in [3.05, 3.63) is 63.6 Å². The smallest absolute Gasteiger partial charge is 0.338 e. The lowest BCUT2D eigenvalue weighted by Crippen LogP contribution is -2.28. The first-order chi connectivity index (χ1) is 11.8. The normalized spacial score (nSPS) is 10.2. The molecule has 0 aliphatic heterocycles. The van der Waals surface area contributed by atoms with Crippen LogP contribution >= 0.6 is 23.2 Å². The monoisotopic (exact) mass is 380 g/mol. The van der Waals surface area contributed by atoms with Crippen LogP contribution in [0.5, 0.6) is 0 Å². The molecule has 0 aromatic heterocycles. The molecular weight excluding hydrogens is 363 g/mol. The van der Waals surface area contributed by atoms with Crippen LogP contribution in [0.3, 0.4) is 0 Å². The maximum absolute atomic E-state index is 11.9. The van der Waals surface area contributed by atoms with Crippen molar-refractivity contribution in [2.75, 3.05) is 25.6 Å². The Kier molecular flexibility index (Phi) is 6.67. The summed E-state index contributed by atoms with van der Waals surface area (Å²) in [5.74, 6) is -1.05. The van der Waals surface area contributed by atoms with Gasteiger partial charge in [0.25, 0.3) is 5.91 Å². The molecule has 0 spiro atoms. The molecule has 2 aromatic rings. The van der Waals surface area contributed by atoms with E-state index in [-0.39, 0.29) is 12.2 Å². The number of esters is 1. The Morgan fingerprint density at radius 3 is 2.20 bits per heavy atom. The van der Waals surface area contributed by atoms with Gasteiger partial charge in [0.15, 0.2) is 6.61 Å². The number of carbonyl (C=O) groups excluding carboxylic acids is 2. The number of carbonyl (C=O) groups is 2. The maximum atomic E-state index is 11.9. The van der Waals surface area contributed by atoms with Crippen molar-refractivity contribution in [2.24, 2.45) is 0 Å².